The maximum absolute atomic E-state index is 13.1. The van der Waals surface area contributed by atoms with E-state index in [-0.39, 0.29) is 24.6 Å². The lowest BCUT2D eigenvalue weighted by Gasteiger charge is -2.43. The zero-order chi connectivity index (χ0) is 20.1. The van der Waals surface area contributed by atoms with Gasteiger partial charge >= 0.3 is 6.09 Å². The van der Waals surface area contributed by atoms with Gasteiger partial charge in [-0.05, 0) is 63.5 Å². The topological polar surface area (TPSA) is 72.2 Å². The van der Waals surface area contributed by atoms with Gasteiger partial charge in [-0.2, -0.15) is 0 Å². The number of carbonyl (C=O) groups is 2. The number of furan rings is 1. The molecule has 1 atom stereocenters. The predicted molar refractivity (Wildman–Crippen MR) is 104 cm³/mol. The molecule has 1 unspecified atom stereocenters. The van der Waals surface area contributed by atoms with Crippen molar-refractivity contribution in [2.45, 2.75) is 52.0 Å². The molecule has 1 aromatic heterocycles. The average molecular weight is 392 g/mol. The molecule has 0 radical (unpaired) electrons. The number of ether oxygens (including phenoxy) is 2. The van der Waals surface area contributed by atoms with Crippen LogP contribution in [0.5, 0.6) is 0 Å². The number of piperidine rings is 2. The van der Waals surface area contributed by atoms with Crippen LogP contribution in [-0.2, 0) is 9.47 Å². The SMILES string of the molecule is COCCOC(=O)N1CCC(C2CCCCN2C(=O)c2cc(C)c(C)o2)CC1. The Hall–Kier alpha value is -2.02. The molecule has 3 heterocycles. The van der Waals surface area contributed by atoms with Crippen LogP contribution in [0.3, 0.4) is 0 Å². The first-order valence-corrected chi connectivity index (χ1v) is 10.3. The van der Waals surface area contributed by atoms with Crippen molar-refractivity contribution < 1.29 is 23.5 Å². The molecule has 28 heavy (non-hydrogen) atoms. The van der Waals surface area contributed by atoms with Crippen LogP contribution in [-0.4, -0.2) is 67.8 Å². The highest BCUT2D eigenvalue weighted by Crippen LogP contribution is 2.32. The number of rotatable bonds is 5. The van der Waals surface area contributed by atoms with Crippen molar-refractivity contribution in [2.75, 3.05) is 40.0 Å². The quantitative estimate of drug-likeness (QED) is 0.718. The van der Waals surface area contributed by atoms with E-state index in [2.05, 4.69) is 0 Å². The molecular formula is C21H32N2O5. The lowest BCUT2D eigenvalue weighted by molar-refractivity contribution is 0.0318. The first-order chi connectivity index (χ1) is 13.5. The number of methoxy groups -OCH3 is 1. The molecule has 1 aromatic rings. The molecule has 2 amide bonds. The van der Waals surface area contributed by atoms with Gasteiger partial charge in [-0.1, -0.05) is 0 Å². The van der Waals surface area contributed by atoms with Gasteiger partial charge < -0.3 is 23.7 Å². The number of carbonyl (C=O) groups excluding carboxylic acids is 2. The molecule has 0 aromatic carbocycles. The number of aryl methyl sites for hydroxylation is 2. The van der Waals surface area contributed by atoms with Crippen LogP contribution >= 0.6 is 0 Å². The Morgan fingerprint density at radius 3 is 2.50 bits per heavy atom. The van der Waals surface area contributed by atoms with E-state index in [1.165, 1.54) is 0 Å². The van der Waals surface area contributed by atoms with Crippen LogP contribution in [0, 0.1) is 19.8 Å². The summed E-state index contributed by atoms with van der Waals surface area (Å²) in [5, 5.41) is 0. The van der Waals surface area contributed by atoms with E-state index < -0.39 is 0 Å². The highest BCUT2D eigenvalue weighted by molar-refractivity contribution is 5.92. The molecule has 0 spiro atoms. The third-order valence-corrected chi connectivity index (χ3v) is 6.04. The number of hydrogen-bond acceptors (Lipinski definition) is 5. The van der Waals surface area contributed by atoms with Crippen LogP contribution in [0.1, 0.15) is 54.0 Å². The van der Waals surface area contributed by atoms with Crippen molar-refractivity contribution in [1.29, 1.82) is 0 Å². The largest absolute Gasteiger partial charge is 0.456 e. The molecule has 2 aliphatic rings. The lowest BCUT2D eigenvalue weighted by Crippen LogP contribution is -2.51. The van der Waals surface area contributed by atoms with Gasteiger partial charge in [0.15, 0.2) is 5.76 Å². The highest BCUT2D eigenvalue weighted by atomic mass is 16.6. The minimum absolute atomic E-state index is 0.00213. The first kappa shape index (κ1) is 20.7. The molecule has 2 saturated heterocycles. The third kappa shape index (κ3) is 4.69. The van der Waals surface area contributed by atoms with Crippen LogP contribution in [0.15, 0.2) is 10.5 Å². The Labute approximate surface area is 166 Å². The van der Waals surface area contributed by atoms with E-state index in [4.69, 9.17) is 13.9 Å². The minimum atomic E-state index is -0.270. The number of likely N-dealkylation sites (tertiary alicyclic amines) is 2. The van der Waals surface area contributed by atoms with Crippen molar-refractivity contribution in [1.82, 2.24) is 9.80 Å². The van der Waals surface area contributed by atoms with Gasteiger partial charge in [0.25, 0.3) is 5.91 Å². The Bertz CT molecular complexity index is 659. The van der Waals surface area contributed by atoms with Gasteiger partial charge in [0, 0.05) is 32.8 Å². The fourth-order valence-corrected chi connectivity index (χ4v) is 4.29. The van der Waals surface area contributed by atoms with E-state index in [1.807, 2.05) is 24.8 Å². The van der Waals surface area contributed by atoms with Gasteiger partial charge in [0.1, 0.15) is 12.4 Å². The second-order valence-electron chi connectivity index (χ2n) is 7.84. The summed E-state index contributed by atoms with van der Waals surface area (Å²) in [7, 11) is 1.59. The molecule has 0 N–H and O–H groups in total. The predicted octanol–water partition coefficient (Wildman–Crippen LogP) is 3.39. The minimum Gasteiger partial charge on any atom is -0.456 e. The van der Waals surface area contributed by atoms with Crippen LogP contribution in [0.2, 0.25) is 0 Å². The van der Waals surface area contributed by atoms with Crippen LogP contribution in [0.4, 0.5) is 4.79 Å². The smallest absolute Gasteiger partial charge is 0.409 e. The summed E-state index contributed by atoms with van der Waals surface area (Å²) in [5.74, 6) is 1.66. The van der Waals surface area contributed by atoms with Crippen molar-refractivity contribution in [3.8, 4) is 0 Å². The van der Waals surface area contributed by atoms with Gasteiger partial charge in [-0.15, -0.1) is 0 Å². The fourth-order valence-electron chi connectivity index (χ4n) is 4.29. The Balaban J connectivity index is 1.59. The molecular weight excluding hydrogens is 360 g/mol. The summed E-state index contributed by atoms with van der Waals surface area (Å²) in [6, 6.07) is 2.07. The molecule has 3 rings (SSSR count). The summed E-state index contributed by atoms with van der Waals surface area (Å²) in [4.78, 5) is 29.0. The molecule has 2 aliphatic heterocycles. The molecule has 0 saturated carbocycles. The second kappa shape index (κ2) is 9.45. The maximum Gasteiger partial charge on any atom is 0.409 e. The van der Waals surface area contributed by atoms with E-state index in [1.54, 1.807) is 12.0 Å². The summed E-state index contributed by atoms with van der Waals surface area (Å²) in [5.41, 5.74) is 1.01. The average Bonchev–Trinajstić information content (AvgIpc) is 3.06. The van der Waals surface area contributed by atoms with E-state index >= 15 is 0 Å². The molecule has 0 aliphatic carbocycles. The van der Waals surface area contributed by atoms with Crippen molar-refractivity contribution in [3.63, 3.8) is 0 Å². The normalized spacial score (nSPS) is 21.0. The number of hydrogen-bond donors (Lipinski definition) is 0. The first-order valence-electron chi connectivity index (χ1n) is 10.3. The van der Waals surface area contributed by atoms with E-state index in [9.17, 15) is 9.59 Å². The van der Waals surface area contributed by atoms with Crippen molar-refractivity contribution in [3.05, 3.63) is 23.2 Å². The Morgan fingerprint density at radius 1 is 1.11 bits per heavy atom. The molecule has 2 fully saturated rings. The maximum atomic E-state index is 13.1. The van der Waals surface area contributed by atoms with E-state index in [0.29, 0.717) is 31.4 Å². The zero-order valence-electron chi connectivity index (χ0n) is 17.2. The molecule has 0 bridgehead atoms. The second-order valence-corrected chi connectivity index (χ2v) is 7.84. The molecule has 156 valence electrons. The number of amides is 2. The van der Waals surface area contributed by atoms with Crippen LogP contribution < -0.4 is 0 Å². The van der Waals surface area contributed by atoms with Crippen molar-refractivity contribution in [2.24, 2.45) is 5.92 Å². The summed E-state index contributed by atoms with van der Waals surface area (Å²) >= 11 is 0. The van der Waals surface area contributed by atoms with Gasteiger partial charge in [-0.3, -0.25) is 4.79 Å². The Kier molecular flexibility index (Phi) is 6.99. The summed E-state index contributed by atoms with van der Waals surface area (Å²) < 4.78 is 15.8. The number of nitrogens with zero attached hydrogens (tertiary/aromatic N) is 2. The standard InChI is InChI=1S/C21H32N2O5/c1-15-14-19(28-16(15)2)20(24)23-9-5-4-6-18(23)17-7-10-22(11-8-17)21(25)27-13-12-26-3/h14,17-18H,4-13H2,1-3H3. The fraction of sp³-hybridized carbons (Fsp3) is 0.714. The highest BCUT2D eigenvalue weighted by Gasteiger charge is 2.37. The van der Waals surface area contributed by atoms with E-state index in [0.717, 1.165) is 50.0 Å². The van der Waals surface area contributed by atoms with Gasteiger partial charge in [0.2, 0.25) is 0 Å². The zero-order valence-corrected chi connectivity index (χ0v) is 17.2. The molecule has 7 heteroatoms. The summed E-state index contributed by atoms with van der Waals surface area (Å²) in [6.07, 6.45) is 4.71. The van der Waals surface area contributed by atoms with Gasteiger partial charge in [0.05, 0.1) is 6.61 Å². The third-order valence-electron chi connectivity index (χ3n) is 6.04. The summed E-state index contributed by atoms with van der Waals surface area (Å²) in [6.45, 7) is 6.67. The van der Waals surface area contributed by atoms with Crippen LogP contribution in [0.25, 0.3) is 0 Å². The van der Waals surface area contributed by atoms with Gasteiger partial charge in [-0.25, -0.2) is 4.79 Å². The van der Waals surface area contributed by atoms with Crippen molar-refractivity contribution >= 4 is 12.0 Å². The monoisotopic (exact) mass is 392 g/mol. The molecule has 7 nitrogen and oxygen atoms in total. The lowest BCUT2D eigenvalue weighted by atomic mass is 9.83. The Morgan fingerprint density at radius 2 is 1.86 bits per heavy atom.